The summed E-state index contributed by atoms with van der Waals surface area (Å²) in [4.78, 5) is 0.946. The van der Waals surface area contributed by atoms with Crippen LogP contribution in [0, 0.1) is 0 Å². The van der Waals surface area contributed by atoms with E-state index < -0.39 is 0 Å². The van der Waals surface area contributed by atoms with Crippen molar-refractivity contribution in [3.63, 3.8) is 0 Å². The van der Waals surface area contributed by atoms with Crippen LogP contribution in [0.1, 0.15) is 17.0 Å². The molecule has 0 bridgehead atoms. The van der Waals surface area contributed by atoms with Gasteiger partial charge in [-0.1, -0.05) is 0 Å². The van der Waals surface area contributed by atoms with Crippen LogP contribution in [0.2, 0.25) is 0 Å². The molecule has 18 heavy (non-hydrogen) atoms. The third-order valence-corrected chi connectivity index (χ3v) is 4.23. The van der Waals surface area contributed by atoms with Gasteiger partial charge in [0.25, 0.3) is 0 Å². The Kier molecular flexibility index (Phi) is 4.35. The number of hydrogen-bond donors (Lipinski definition) is 1. The summed E-state index contributed by atoms with van der Waals surface area (Å²) in [6.07, 6.45) is 0.912. The number of rotatable bonds is 6. The van der Waals surface area contributed by atoms with Crippen LogP contribution in [0.5, 0.6) is 11.5 Å². The van der Waals surface area contributed by atoms with E-state index in [0.717, 1.165) is 33.9 Å². The summed E-state index contributed by atoms with van der Waals surface area (Å²) in [5.74, 6) is 2.48. The second-order valence-electron chi connectivity index (χ2n) is 4.18. The Balaban J connectivity index is 2.41. The van der Waals surface area contributed by atoms with E-state index in [2.05, 4.69) is 0 Å². The molecule has 1 aliphatic carbocycles. The number of hydrogen-bond acceptors (Lipinski definition) is 4. The van der Waals surface area contributed by atoms with Crippen LogP contribution in [0.4, 0.5) is 4.39 Å². The molecule has 0 fully saturated rings. The van der Waals surface area contributed by atoms with Gasteiger partial charge in [-0.15, -0.1) is 11.8 Å². The van der Waals surface area contributed by atoms with E-state index in [1.807, 2.05) is 6.07 Å². The first kappa shape index (κ1) is 13.5. The lowest BCUT2D eigenvalue weighted by molar-refractivity contribution is 0.368. The molecule has 1 aromatic carbocycles. The minimum atomic E-state index is -0.349. The van der Waals surface area contributed by atoms with Crippen LogP contribution in [0.25, 0.3) is 0 Å². The number of benzene rings is 1. The number of thioether (sulfide) groups is 1. The molecule has 1 unspecified atom stereocenters. The van der Waals surface area contributed by atoms with E-state index >= 15 is 0 Å². The van der Waals surface area contributed by atoms with E-state index in [-0.39, 0.29) is 6.67 Å². The zero-order valence-corrected chi connectivity index (χ0v) is 11.5. The lowest BCUT2D eigenvalue weighted by Crippen LogP contribution is -2.26. The predicted octanol–water partition coefficient (Wildman–Crippen LogP) is 2.36. The van der Waals surface area contributed by atoms with Gasteiger partial charge in [-0.05, 0) is 19.0 Å². The molecule has 1 aliphatic rings. The Morgan fingerprint density at radius 2 is 2.22 bits per heavy atom. The maximum atomic E-state index is 12.3. The topological polar surface area (TPSA) is 44.5 Å². The van der Waals surface area contributed by atoms with Crippen LogP contribution in [0.3, 0.4) is 0 Å². The van der Waals surface area contributed by atoms with Crippen LogP contribution < -0.4 is 15.2 Å². The fourth-order valence-electron chi connectivity index (χ4n) is 2.40. The second kappa shape index (κ2) is 5.80. The Morgan fingerprint density at radius 3 is 2.78 bits per heavy atom. The van der Waals surface area contributed by atoms with Crippen LogP contribution in [-0.2, 0) is 6.42 Å². The molecule has 2 rings (SSSR count). The summed E-state index contributed by atoms with van der Waals surface area (Å²) in [7, 11) is 3.30. The molecule has 3 nitrogen and oxygen atoms in total. The van der Waals surface area contributed by atoms with E-state index in [0.29, 0.717) is 18.2 Å². The molecule has 1 atom stereocenters. The fourth-order valence-corrected chi connectivity index (χ4v) is 3.22. The van der Waals surface area contributed by atoms with Crippen LogP contribution in [0.15, 0.2) is 11.0 Å². The van der Waals surface area contributed by atoms with Crippen LogP contribution in [-0.4, -0.2) is 33.2 Å². The first-order chi connectivity index (χ1) is 8.76. The molecule has 5 heteroatoms. The van der Waals surface area contributed by atoms with Crippen molar-refractivity contribution in [2.45, 2.75) is 17.2 Å². The minimum absolute atomic E-state index is 0.349. The molecule has 0 radical (unpaired) electrons. The molecular formula is C13H18FNO2S. The van der Waals surface area contributed by atoms with Crippen LogP contribution >= 0.6 is 11.8 Å². The van der Waals surface area contributed by atoms with E-state index in [1.54, 1.807) is 14.2 Å². The van der Waals surface area contributed by atoms with Crippen molar-refractivity contribution in [1.82, 2.24) is 0 Å². The van der Waals surface area contributed by atoms with Crippen molar-refractivity contribution >= 4 is 11.8 Å². The highest BCUT2D eigenvalue weighted by Crippen LogP contribution is 2.50. The third-order valence-electron chi connectivity index (χ3n) is 3.25. The van der Waals surface area contributed by atoms with Gasteiger partial charge in [-0.25, -0.2) is 0 Å². The SMILES string of the molecule is COc1cc(SCCF)c(OC)c2c1C(CN)C2. The standard InChI is InChI=1S/C13H18FNO2S/c1-16-10-6-11(18-4-3-14)13(17-2)9-5-8(7-15)12(9)10/h6,8H,3-5,7,15H2,1-2H3. The molecule has 0 spiro atoms. The quantitative estimate of drug-likeness (QED) is 0.807. The zero-order valence-electron chi connectivity index (χ0n) is 10.7. The number of halogens is 1. The number of ether oxygens (including phenoxy) is 2. The Hall–Kier alpha value is -0.940. The Labute approximate surface area is 111 Å². The van der Waals surface area contributed by atoms with Gasteiger partial charge in [0.05, 0.1) is 25.8 Å². The lowest BCUT2D eigenvalue weighted by atomic mass is 9.76. The highest BCUT2D eigenvalue weighted by atomic mass is 32.2. The normalized spacial score (nSPS) is 17.0. The number of nitrogens with two attached hydrogens (primary N) is 1. The maximum Gasteiger partial charge on any atom is 0.136 e. The van der Waals surface area contributed by atoms with Gasteiger partial charge in [0, 0.05) is 22.8 Å². The number of methoxy groups -OCH3 is 2. The highest BCUT2D eigenvalue weighted by molar-refractivity contribution is 7.99. The summed E-state index contributed by atoms with van der Waals surface area (Å²) in [6, 6.07) is 1.93. The fraction of sp³-hybridized carbons (Fsp3) is 0.538. The first-order valence-corrected chi connectivity index (χ1v) is 6.91. The van der Waals surface area contributed by atoms with Crippen molar-refractivity contribution in [3.8, 4) is 11.5 Å². The third kappa shape index (κ3) is 2.17. The van der Waals surface area contributed by atoms with Gasteiger partial charge in [-0.3, -0.25) is 4.39 Å². The molecular weight excluding hydrogens is 253 g/mol. The average molecular weight is 271 g/mol. The molecule has 0 aromatic heterocycles. The lowest BCUT2D eigenvalue weighted by Gasteiger charge is -2.33. The molecule has 1 aromatic rings. The Morgan fingerprint density at radius 1 is 1.44 bits per heavy atom. The molecule has 0 saturated carbocycles. The summed E-state index contributed by atoms with van der Waals surface area (Å²) in [5, 5.41) is 0. The summed E-state index contributed by atoms with van der Waals surface area (Å²) < 4.78 is 23.2. The van der Waals surface area contributed by atoms with Gasteiger partial charge in [0.2, 0.25) is 0 Å². The van der Waals surface area contributed by atoms with Gasteiger partial charge in [0.1, 0.15) is 11.5 Å². The molecule has 0 amide bonds. The Bertz CT molecular complexity index is 439. The summed E-state index contributed by atoms with van der Waals surface area (Å²) in [6.45, 7) is 0.266. The van der Waals surface area contributed by atoms with E-state index in [9.17, 15) is 4.39 Å². The van der Waals surface area contributed by atoms with Crippen molar-refractivity contribution < 1.29 is 13.9 Å². The summed E-state index contributed by atoms with van der Waals surface area (Å²) >= 11 is 1.46. The highest BCUT2D eigenvalue weighted by Gasteiger charge is 2.33. The molecule has 100 valence electrons. The summed E-state index contributed by atoms with van der Waals surface area (Å²) in [5.41, 5.74) is 8.05. The largest absolute Gasteiger partial charge is 0.496 e. The van der Waals surface area contributed by atoms with Gasteiger partial charge >= 0.3 is 0 Å². The molecule has 2 N–H and O–H groups in total. The van der Waals surface area contributed by atoms with Crippen molar-refractivity contribution in [2.24, 2.45) is 5.73 Å². The minimum Gasteiger partial charge on any atom is -0.496 e. The van der Waals surface area contributed by atoms with E-state index in [4.69, 9.17) is 15.2 Å². The molecule has 0 heterocycles. The number of alkyl halides is 1. The van der Waals surface area contributed by atoms with E-state index in [1.165, 1.54) is 11.8 Å². The smallest absolute Gasteiger partial charge is 0.136 e. The first-order valence-electron chi connectivity index (χ1n) is 5.93. The van der Waals surface area contributed by atoms with Gasteiger partial charge < -0.3 is 15.2 Å². The van der Waals surface area contributed by atoms with Crippen molar-refractivity contribution in [1.29, 1.82) is 0 Å². The number of fused-ring (bicyclic) bond motifs is 1. The monoisotopic (exact) mass is 271 g/mol. The van der Waals surface area contributed by atoms with Crippen molar-refractivity contribution in [3.05, 3.63) is 17.2 Å². The van der Waals surface area contributed by atoms with Gasteiger partial charge in [0.15, 0.2) is 0 Å². The second-order valence-corrected chi connectivity index (χ2v) is 5.31. The molecule has 0 saturated heterocycles. The predicted molar refractivity (Wildman–Crippen MR) is 71.7 cm³/mol. The molecule has 0 aliphatic heterocycles. The van der Waals surface area contributed by atoms with Gasteiger partial charge in [-0.2, -0.15) is 0 Å². The maximum absolute atomic E-state index is 12.3. The van der Waals surface area contributed by atoms with Crippen molar-refractivity contribution in [2.75, 3.05) is 33.2 Å². The average Bonchev–Trinajstić information content (AvgIpc) is 2.37. The zero-order chi connectivity index (χ0) is 13.1.